The topological polar surface area (TPSA) is 38.1 Å². The number of hydrogen-bond donors (Lipinski definition) is 1. The number of pyridine rings is 1. The van der Waals surface area contributed by atoms with Gasteiger partial charge in [0.1, 0.15) is 11.4 Å². The van der Waals surface area contributed by atoms with Crippen molar-refractivity contribution in [2.45, 2.75) is 13.3 Å². The van der Waals surface area contributed by atoms with Gasteiger partial charge in [-0.25, -0.2) is 4.98 Å². The van der Waals surface area contributed by atoms with E-state index in [1.807, 2.05) is 43.5 Å². The monoisotopic (exact) mass is 330 g/mol. The molecule has 3 rings (SSSR count). The molecule has 102 valence electrons. The molecule has 1 aromatic carbocycles. The second-order valence-corrected chi connectivity index (χ2v) is 5.55. The van der Waals surface area contributed by atoms with E-state index in [1.165, 1.54) is 10.9 Å². The summed E-state index contributed by atoms with van der Waals surface area (Å²) in [6.07, 6.45) is 2.75. The highest BCUT2D eigenvalue weighted by Gasteiger charge is 2.05. The predicted octanol–water partition coefficient (Wildman–Crippen LogP) is 4.55. The molecule has 4 heteroatoms. The average molecular weight is 331 g/mol. The predicted molar refractivity (Wildman–Crippen MR) is 85.1 cm³/mol. The van der Waals surface area contributed by atoms with Gasteiger partial charge in [0.25, 0.3) is 0 Å². The number of aromatic nitrogens is 1. The number of rotatable bonds is 4. The van der Waals surface area contributed by atoms with Crippen LogP contribution in [0.4, 0.5) is 5.82 Å². The highest BCUT2D eigenvalue weighted by Crippen LogP contribution is 2.21. The largest absolute Gasteiger partial charge is 0.464 e. The molecule has 0 amide bonds. The molecule has 0 radical (unpaired) electrons. The molecule has 0 bridgehead atoms. The van der Waals surface area contributed by atoms with Crippen LogP contribution < -0.4 is 5.32 Å². The Morgan fingerprint density at radius 2 is 2.05 bits per heavy atom. The molecule has 0 aliphatic heterocycles. The summed E-state index contributed by atoms with van der Waals surface area (Å²) in [7, 11) is 0. The molecule has 0 atom stereocenters. The Morgan fingerprint density at radius 1 is 1.20 bits per heavy atom. The van der Waals surface area contributed by atoms with Gasteiger partial charge in [-0.1, -0.05) is 18.2 Å². The second kappa shape index (κ2) is 5.67. The van der Waals surface area contributed by atoms with Crippen molar-refractivity contribution >= 4 is 32.7 Å². The minimum Gasteiger partial charge on any atom is -0.464 e. The Balaban J connectivity index is 1.66. The fraction of sp³-hybridized carbons (Fsp3) is 0.188. The molecule has 0 fully saturated rings. The summed E-state index contributed by atoms with van der Waals surface area (Å²) in [6.45, 7) is 2.82. The first kappa shape index (κ1) is 13.2. The lowest BCUT2D eigenvalue weighted by Crippen LogP contribution is -2.06. The zero-order chi connectivity index (χ0) is 13.9. The van der Waals surface area contributed by atoms with Crippen LogP contribution in [0.25, 0.3) is 11.0 Å². The van der Waals surface area contributed by atoms with Crippen molar-refractivity contribution in [3.05, 3.63) is 58.4 Å². The van der Waals surface area contributed by atoms with Gasteiger partial charge in [-0.3, -0.25) is 0 Å². The lowest BCUT2D eigenvalue weighted by atomic mass is 10.1. The summed E-state index contributed by atoms with van der Waals surface area (Å²) in [6, 6.07) is 12.1. The maximum atomic E-state index is 5.54. The van der Waals surface area contributed by atoms with Crippen molar-refractivity contribution in [1.29, 1.82) is 0 Å². The van der Waals surface area contributed by atoms with E-state index in [0.29, 0.717) is 0 Å². The third-order valence-electron chi connectivity index (χ3n) is 3.28. The van der Waals surface area contributed by atoms with Crippen molar-refractivity contribution in [2.75, 3.05) is 11.9 Å². The van der Waals surface area contributed by atoms with E-state index >= 15 is 0 Å². The van der Waals surface area contributed by atoms with Crippen molar-refractivity contribution in [3.8, 4) is 0 Å². The third kappa shape index (κ3) is 2.70. The quantitative estimate of drug-likeness (QED) is 0.762. The van der Waals surface area contributed by atoms with Gasteiger partial charge in [-0.15, -0.1) is 0 Å². The summed E-state index contributed by atoms with van der Waals surface area (Å²) >= 11 is 3.45. The van der Waals surface area contributed by atoms with Crippen LogP contribution in [-0.4, -0.2) is 11.5 Å². The maximum Gasteiger partial charge on any atom is 0.134 e. The van der Waals surface area contributed by atoms with Crippen LogP contribution in [0.5, 0.6) is 0 Å². The molecule has 20 heavy (non-hydrogen) atoms. The zero-order valence-electron chi connectivity index (χ0n) is 11.2. The van der Waals surface area contributed by atoms with Crippen molar-refractivity contribution < 1.29 is 4.42 Å². The SMILES string of the molecule is Cc1nc(NCCc2coc3ccccc23)ccc1Br. The molecular weight excluding hydrogens is 316 g/mol. The third-order valence-corrected chi connectivity index (χ3v) is 4.12. The number of hydrogen-bond acceptors (Lipinski definition) is 3. The van der Waals surface area contributed by atoms with Crippen molar-refractivity contribution in [3.63, 3.8) is 0 Å². The highest BCUT2D eigenvalue weighted by molar-refractivity contribution is 9.10. The number of halogens is 1. The second-order valence-electron chi connectivity index (χ2n) is 4.70. The molecule has 3 nitrogen and oxygen atoms in total. The summed E-state index contributed by atoms with van der Waals surface area (Å²) in [5.41, 5.74) is 3.16. The highest BCUT2D eigenvalue weighted by atomic mass is 79.9. The van der Waals surface area contributed by atoms with Gasteiger partial charge in [-0.05, 0) is 53.0 Å². The smallest absolute Gasteiger partial charge is 0.134 e. The summed E-state index contributed by atoms with van der Waals surface area (Å²) < 4.78 is 6.57. The van der Waals surface area contributed by atoms with Gasteiger partial charge >= 0.3 is 0 Å². The molecule has 0 aliphatic carbocycles. The van der Waals surface area contributed by atoms with Crippen molar-refractivity contribution in [2.24, 2.45) is 0 Å². The minimum absolute atomic E-state index is 0.831. The van der Waals surface area contributed by atoms with E-state index < -0.39 is 0 Å². The van der Waals surface area contributed by atoms with Gasteiger partial charge in [0.15, 0.2) is 0 Å². The Kier molecular flexibility index (Phi) is 3.74. The van der Waals surface area contributed by atoms with Crippen LogP contribution in [0.3, 0.4) is 0 Å². The molecule has 0 spiro atoms. The van der Waals surface area contributed by atoms with E-state index in [4.69, 9.17) is 4.42 Å². The van der Waals surface area contributed by atoms with E-state index in [2.05, 4.69) is 32.3 Å². The van der Waals surface area contributed by atoms with E-state index in [-0.39, 0.29) is 0 Å². The molecule has 0 saturated carbocycles. The Bertz CT molecular complexity index is 736. The Hall–Kier alpha value is -1.81. The lowest BCUT2D eigenvalue weighted by Gasteiger charge is -2.06. The zero-order valence-corrected chi connectivity index (χ0v) is 12.8. The first-order valence-electron chi connectivity index (χ1n) is 6.56. The van der Waals surface area contributed by atoms with Gasteiger partial charge in [0.05, 0.1) is 12.0 Å². The van der Waals surface area contributed by atoms with Gasteiger partial charge in [-0.2, -0.15) is 0 Å². The molecule has 0 aliphatic rings. The Labute approximate surface area is 126 Å². The first-order chi connectivity index (χ1) is 9.74. The number of anilines is 1. The summed E-state index contributed by atoms with van der Waals surface area (Å²) in [5.74, 6) is 0.901. The first-order valence-corrected chi connectivity index (χ1v) is 7.35. The van der Waals surface area contributed by atoms with Crippen LogP contribution in [0.1, 0.15) is 11.3 Å². The molecule has 2 aromatic heterocycles. The number of fused-ring (bicyclic) bond motifs is 1. The summed E-state index contributed by atoms with van der Waals surface area (Å²) in [5, 5.41) is 4.53. The summed E-state index contributed by atoms with van der Waals surface area (Å²) in [4.78, 5) is 4.47. The molecule has 0 unspecified atom stereocenters. The Morgan fingerprint density at radius 3 is 2.90 bits per heavy atom. The number of para-hydroxylation sites is 1. The average Bonchev–Trinajstić information content (AvgIpc) is 2.86. The standard InChI is InChI=1S/C16H15BrN2O/c1-11-14(17)6-7-16(19-11)18-9-8-12-10-20-15-5-3-2-4-13(12)15/h2-7,10H,8-9H2,1H3,(H,18,19). The number of furan rings is 1. The number of nitrogens with zero attached hydrogens (tertiary/aromatic N) is 1. The fourth-order valence-electron chi connectivity index (χ4n) is 2.19. The maximum absolute atomic E-state index is 5.54. The molecule has 2 heterocycles. The fourth-order valence-corrected chi connectivity index (χ4v) is 2.41. The van der Waals surface area contributed by atoms with Gasteiger partial charge in [0.2, 0.25) is 0 Å². The minimum atomic E-state index is 0.831. The molecule has 0 saturated heterocycles. The van der Waals surface area contributed by atoms with Crippen molar-refractivity contribution in [1.82, 2.24) is 4.98 Å². The van der Waals surface area contributed by atoms with E-state index in [1.54, 1.807) is 0 Å². The van der Waals surface area contributed by atoms with E-state index in [9.17, 15) is 0 Å². The number of benzene rings is 1. The van der Waals surface area contributed by atoms with Gasteiger partial charge < -0.3 is 9.73 Å². The van der Waals surface area contributed by atoms with Crippen LogP contribution in [0.15, 0.2) is 51.6 Å². The van der Waals surface area contributed by atoms with Crippen LogP contribution >= 0.6 is 15.9 Å². The number of aryl methyl sites for hydroxylation is 1. The normalized spacial score (nSPS) is 10.9. The van der Waals surface area contributed by atoms with Crippen LogP contribution in [0, 0.1) is 6.92 Å². The molecule has 3 aromatic rings. The lowest BCUT2D eigenvalue weighted by molar-refractivity contribution is 0.610. The van der Waals surface area contributed by atoms with Crippen LogP contribution in [0.2, 0.25) is 0 Å². The number of nitrogens with one attached hydrogen (secondary N) is 1. The molecular formula is C16H15BrN2O. The van der Waals surface area contributed by atoms with Gasteiger partial charge in [0, 0.05) is 16.4 Å². The van der Waals surface area contributed by atoms with Crippen LogP contribution in [-0.2, 0) is 6.42 Å². The van der Waals surface area contributed by atoms with E-state index in [0.717, 1.165) is 34.5 Å². The molecule has 1 N–H and O–H groups in total.